The minimum absolute atomic E-state index is 0.649. The number of hydrazine groups is 1. The molecule has 0 unspecified atom stereocenters. The van der Waals surface area contributed by atoms with E-state index < -0.39 is 8.25 Å². The van der Waals surface area contributed by atoms with Crippen LogP contribution in [0, 0.1) is 0 Å². The first-order valence-corrected chi connectivity index (χ1v) is 4.75. The Labute approximate surface area is 73.1 Å². The number of hydrogen-bond donors (Lipinski definition) is 4. The fourth-order valence-electron chi connectivity index (χ4n) is 0.565. The zero-order valence-corrected chi connectivity index (χ0v) is 8.07. The third kappa shape index (κ3) is 22.5. The molecule has 0 aliphatic heterocycles. The molecule has 0 heterocycles. The molecular weight excluding hydrogens is 181 g/mol. The van der Waals surface area contributed by atoms with Crippen LogP contribution < -0.4 is 11.6 Å². The summed E-state index contributed by atoms with van der Waals surface area (Å²) in [6.45, 7) is 4.48. The molecule has 0 aliphatic carbocycles. The van der Waals surface area contributed by atoms with E-state index in [1.54, 1.807) is 5.01 Å². The molecule has 7 heteroatoms. The van der Waals surface area contributed by atoms with Gasteiger partial charge in [0, 0.05) is 24.2 Å². The van der Waals surface area contributed by atoms with Crippen molar-refractivity contribution in [2.45, 2.75) is 13.3 Å². The minimum Gasteiger partial charge on any atom is -0.329 e. The van der Waals surface area contributed by atoms with Crippen LogP contribution in [0.5, 0.6) is 0 Å². The van der Waals surface area contributed by atoms with Crippen molar-refractivity contribution in [1.82, 2.24) is 5.01 Å². The molecule has 0 aromatic rings. The van der Waals surface area contributed by atoms with Crippen molar-refractivity contribution in [1.29, 1.82) is 0 Å². The zero-order chi connectivity index (χ0) is 9.98. The molecule has 0 saturated heterocycles. The smallest absolute Gasteiger partial charge is 0.329 e. The Kier molecular flexibility index (Phi) is 13.1. The van der Waals surface area contributed by atoms with Crippen LogP contribution in [-0.2, 0) is 4.57 Å². The molecule has 12 heavy (non-hydrogen) atoms. The summed E-state index contributed by atoms with van der Waals surface area (Å²) in [4.78, 5) is 14.2. The summed E-state index contributed by atoms with van der Waals surface area (Å²) in [5.41, 5.74) is 5.24. The third-order valence-corrected chi connectivity index (χ3v) is 0.927. The molecule has 0 aromatic carbocycles. The van der Waals surface area contributed by atoms with E-state index in [4.69, 9.17) is 25.9 Å². The standard InChI is InChI=1S/C5H15N3.HO3P/c1-2-4-8(7)5-3-6;1-4(2)3/h2-7H2,1H3;(H-,1,2,3)/p+1. The highest BCUT2D eigenvalue weighted by Gasteiger charge is 1.93. The maximum atomic E-state index is 8.70. The summed E-state index contributed by atoms with van der Waals surface area (Å²) in [6, 6.07) is 0. The van der Waals surface area contributed by atoms with Gasteiger partial charge in [0.25, 0.3) is 0 Å². The second kappa shape index (κ2) is 10.9. The minimum atomic E-state index is -2.87. The Morgan fingerprint density at radius 2 is 1.83 bits per heavy atom. The van der Waals surface area contributed by atoms with Gasteiger partial charge in [-0.2, -0.15) is 0 Å². The van der Waals surface area contributed by atoms with Gasteiger partial charge in [0.15, 0.2) is 0 Å². The number of nitrogens with two attached hydrogens (primary N) is 2. The quantitative estimate of drug-likeness (QED) is 0.266. The summed E-state index contributed by atoms with van der Waals surface area (Å²) in [7, 11) is -2.87. The Bertz CT molecular complexity index is 104. The summed E-state index contributed by atoms with van der Waals surface area (Å²) >= 11 is 0. The predicted octanol–water partition coefficient (Wildman–Crippen LogP) is -0.841. The lowest BCUT2D eigenvalue weighted by Gasteiger charge is -2.12. The summed E-state index contributed by atoms with van der Waals surface area (Å²) in [6.07, 6.45) is 1.09. The zero-order valence-electron chi connectivity index (χ0n) is 7.18. The monoisotopic (exact) mass is 198 g/mol. The van der Waals surface area contributed by atoms with E-state index in [9.17, 15) is 0 Å². The van der Waals surface area contributed by atoms with Crippen molar-refractivity contribution in [3.05, 3.63) is 0 Å². The van der Waals surface area contributed by atoms with Crippen LogP contribution in [-0.4, -0.2) is 34.4 Å². The number of hydrogen-bond acceptors (Lipinski definition) is 4. The summed E-state index contributed by atoms with van der Waals surface area (Å²) in [5, 5.41) is 1.74. The van der Waals surface area contributed by atoms with Crippen LogP contribution in [0.15, 0.2) is 0 Å². The normalized spacial score (nSPS) is 9.17. The highest BCUT2D eigenvalue weighted by molar-refractivity contribution is 7.30. The van der Waals surface area contributed by atoms with Gasteiger partial charge in [-0.3, -0.25) is 5.84 Å². The molecule has 0 fully saturated rings. The first-order chi connectivity index (χ1) is 5.54. The Balaban J connectivity index is 0. The van der Waals surface area contributed by atoms with Crippen molar-refractivity contribution in [3.8, 4) is 0 Å². The van der Waals surface area contributed by atoms with Crippen LogP contribution >= 0.6 is 8.25 Å². The first kappa shape index (κ1) is 14.4. The van der Waals surface area contributed by atoms with E-state index >= 15 is 0 Å². The van der Waals surface area contributed by atoms with Gasteiger partial charge in [-0.05, 0) is 6.42 Å². The number of rotatable bonds is 4. The van der Waals surface area contributed by atoms with Gasteiger partial charge in [0.05, 0.1) is 0 Å². The molecule has 0 spiro atoms. The molecule has 0 rings (SSSR count). The van der Waals surface area contributed by atoms with Crippen molar-refractivity contribution in [2.24, 2.45) is 11.6 Å². The largest absolute Gasteiger partial charge is 0.692 e. The van der Waals surface area contributed by atoms with Gasteiger partial charge < -0.3 is 5.73 Å². The van der Waals surface area contributed by atoms with Crippen LogP contribution in [0.2, 0.25) is 0 Å². The highest BCUT2D eigenvalue weighted by atomic mass is 31.1. The van der Waals surface area contributed by atoms with E-state index in [-0.39, 0.29) is 0 Å². The van der Waals surface area contributed by atoms with E-state index in [1.807, 2.05) is 0 Å². The SMILES string of the molecule is CCCN(N)CCN.O=[P+](O)O. The second-order valence-electron chi connectivity index (χ2n) is 2.08. The van der Waals surface area contributed by atoms with E-state index in [0.29, 0.717) is 6.54 Å². The van der Waals surface area contributed by atoms with Crippen molar-refractivity contribution >= 4 is 8.25 Å². The van der Waals surface area contributed by atoms with Crippen LogP contribution in [0.25, 0.3) is 0 Å². The molecule has 0 radical (unpaired) electrons. The van der Waals surface area contributed by atoms with E-state index in [2.05, 4.69) is 6.92 Å². The molecule has 0 atom stereocenters. The third-order valence-electron chi connectivity index (χ3n) is 0.927. The van der Waals surface area contributed by atoms with Crippen molar-refractivity contribution in [2.75, 3.05) is 19.6 Å². The molecule has 0 aromatic heterocycles. The molecule has 0 bridgehead atoms. The lowest BCUT2D eigenvalue weighted by Crippen LogP contribution is -2.36. The van der Waals surface area contributed by atoms with Crippen LogP contribution in [0.3, 0.4) is 0 Å². The van der Waals surface area contributed by atoms with Crippen LogP contribution in [0.1, 0.15) is 13.3 Å². The Hall–Kier alpha value is -0.100. The molecule has 0 saturated carbocycles. The molecule has 0 amide bonds. The maximum Gasteiger partial charge on any atom is 0.692 e. The van der Waals surface area contributed by atoms with Gasteiger partial charge in [-0.25, -0.2) is 5.01 Å². The predicted molar refractivity (Wildman–Crippen MR) is 47.1 cm³/mol. The topological polar surface area (TPSA) is 113 Å². The highest BCUT2D eigenvalue weighted by Crippen LogP contribution is 1.98. The average molecular weight is 198 g/mol. The van der Waals surface area contributed by atoms with Crippen LogP contribution in [0.4, 0.5) is 0 Å². The van der Waals surface area contributed by atoms with Gasteiger partial charge in [-0.15, -0.1) is 9.79 Å². The fourth-order valence-corrected chi connectivity index (χ4v) is 0.565. The molecule has 0 aliphatic rings. The molecule has 6 nitrogen and oxygen atoms in total. The van der Waals surface area contributed by atoms with E-state index in [0.717, 1.165) is 19.5 Å². The average Bonchev–Trinajstić information content (AvgIpc) is 1.87. The van der Waals surface area contributed by atoms with Gasteiger partial charge in [-0.1, -0.05) is 6.92 Å². The lowest BCUT2D eigenvalue weighted by atomic mass is 10.4. The van der Waals surface area contributed by atoms with Gasteiger partial charge in [0.1, 0.15) is 0 Å². The van der Waals surface area contributed by atoms with Gasteiger partial charge in [0.2, 0.25) is 0 Å². The summed E-state index contributed by atoms with van der Waals surface area (Å²) < 4.78 is 8.70. The molecule has 74 valence electrons. The molecule has 6 N–H and O–H groups in total. The fraction of sp³-hybridized carbons (Fsp3) is 1.00. The first-order valence-electron chi connectivity index (χ1n) is 3.59. The van der Waals surface area contributed by atoms with E-state index in [1.165, 1.54) is 0 Å². The van der Waals surface area contributed by atoms with Gasteiger partial charge >= 0.3 is 8.25 Å². The summed E-state index contributed by atoms with van der Waals surface area (Å²) in [5.74, 6) is 5.45. The van der Waals surface area contributed by atoms with Crippen molar-refractivity contribution < 1.29 is 14.4 Å². The Morgan fingerprint density at radius 1 is 1.42 bits per heavy atom. The second-order valence-corrected chi connectivity index (χ2v) is 2.58. The van der Waals surface area contributed by atoms with Crippen molar-refractivity contribution in [3.63, 3.8) is 0 Å². The maximum absolute atomic E-state index is 8.70. The lowest BCUT2D eigenvalue weighted by molar-refractivity contribution is 0.292. The molecular formula is C5H17N3O3P+. The number of nitrogens with zero attached hydrogens (tertiary/aromatic N) is 1. The Morgan fingerprint density at radius 3 is 2.08 bits per heavy atom.